The standard InChI is InChI=1S/C30H36Cl2N4O2S/c1-6-35(23-15-24(17-37)34(5)16-23)28(38)26-25(18(2)3)36-27(19-7-11-21(31)12-8-19)30(4,33-29(36)39-26)20-9-13-22(32)14-10-20/h7-14,18,23-24,27,37H,6,15-17H2,1-5H3/t23-,24-,27+,30-/m0/s1. The van der Waals surface area contributed by atoms with Gasteiger partial charge in [0.05, 0.1) is 12.6 Å². The number of thioether (sulfide) groups is 1. The molecule has 3 aliphatic rings. The first-order chi connectivity index (χ1) is 18.6. The van der Waals surface area contributed by atoms with Crippen LogP contribution in [0.1, 0.15) is 51.3 Å². The van der Waals surface area contributed by atoms with Gasteiger partial charge in [0.25, 0.3) is 5.91 Å². The normalized spacial score (nSPS) is 26.9. The van der Waals surface area contributed by atoms with Crippen molar-refractivity contribution in [2.24, 2.45) is 10.9 Å². The van der Waals surface area contributed by atoms with Crippen LogP contribution in [0.2, 0.25) is 10.0 Å². The van der Waals surface area contributed by atoms with Crippen molar-refractivity contribution < 1.29 is 9.90 Å². The minimum atomic E-state index is -0.595. The molecule has 6 nitrogen and oxygen atoms in total. The van der Waals surface area contributed by atoms with E-state index in [0.29, 0.717) is 16.6 Å². The zero-order chi connectivity index (χ0) is 28.1. The van der Waals surface area contributed by atoms with Crippen LogP contribution >= 0.6 is 35.0 Å². The molecule has 0 saturated carbocycles. The van der Waals surface area contributed by atoms with Crippen LogP contribution < -0.4 is 0 Å². The van der Waals surface area contributed by atoms with Gasteiger partial charge in [0.15, 0.2) is 5.17 Å². The Labute approximate surface area is 245 Å². The highest BCUT2D eigenvalue weighted by Crippen LogP contribution is 2.56. The Morgan fingerprint density at radius 2 is 1.77 bits per heavy atom. The molecule has 3 heterocycles. The highest BCUT2D eigenvalue weighted by molar-refractivity contribution is 8.18. The Hall–Kier alpha value is -2.03. The van der Waals surface area contributed by atoms with Gasteiger partial charge in [-0.05, 0) is 80.4 Å². The molecule has 0 radical (unpaired) electrons. The quantitative estimate of drug-likeness (QED) is 0.421. The fraction of sp³-hybridized carbons (Fsp3) is 0.467. The lowest BCUT2D eigenvalue weighted by Crippen LogP contribution is -2.42. The van der Waals surface area contributed by atoms with Gasteiger partial charge in [-0.15, -0.1) is 0 Å². The maximum atomic E-state index is 14.2. The molecule has 5 rings (SSSR count). The summed E-state index contributed by atoms with van der Waals surface area (Å²) in [5, 5.41) is 12.0. The van der Waals surface area contributed by atoms with Crippen LogP contribution in [0.15, 0.2) is 64.1 Å². The predicted octanol–water partition coefficient (Wildman–Crippen LogP) is 6.15. The number of amidine groups is 1. The molecular formula is C30H36Cl2N4O2S. The van der Waals surface area contributed by atoms with E-state index in [1.807, 2.05) is 55.3 Å². The Bertz CT molecular complexity index is 1300. The number of likely N-dealkylation sites (tertiary alicyclic amines) is 1. The lowest BCUT2D eigenvalue weighted by molar-refractivity contribution is -0.128. The molecule has 3 aliphatic heterocycles. The number of hydrogen-bond donors (Lipinski definition) is 1. The second-order valence-corrected chi connectivity index (χ2v) is 13.0. The van der Waals surface area contributed by atoms with Crippen LogP contribution in [0.5, 0.6) is 0 Å². The third kappa shape index (κ3) is 5.02. The zero-order valence-corrected chi connectivity index (χ0v) is 25.4. The van der Waals surface area contributed by atoms with Gasteiger partial charge < -0.3 is 14.9 Å². The molecule has 1 amide bonds. The molecule has 208 valence electrons. The minimum Gasteiger partial charge on any atom is -0.395 e. The SMILES string of the molecule is CCN(C(=O)C1=C(C(C)C)N2C(=N[C@@](C)(c3ccc(Cl)cc3)[C@H]2c2ccc(Cl)cc2)S1)[C@H]1C[C@@H](CO)N(C)C1. The molecule has 1 fully saturated rings. The van der Waals surface area contributed by atoms with Gasteiger partial charge in [-0.3, -0.25) is 9.69 Å². The van der Waals surface area contributed by atoms with Gasteiger partial charge in [0.2, 0.25) is 0 Å². The summed E-state index contributed by atoms with van der Waals surface area (Å²) in [6.07, 6.45) is 0.772. The summed E-state index contributed by atoms with van der Waals surface area (Å²) in [4.78, 5) is 26.7. The number of aliphatic hydroxyl groups excluding tert-OH is 1. The molecule has 0 unspecified atom stereocenters. The van der Waals surface area contributed by atoms with Gasteiger partial charge in [-0.1, -0.05) is 61.3 Å². The van der Waals surface area contributed by atoms with E-state index in [-0.39, 0.29) is 36.6 Å². The first-order valence-corrected chi connectivity index (χ1v) is 15.1. The van der Waals surface area contributed by atoms with Gasteiger partial charge in [-0.2, -0.15) is 0 Å². The maximum Gasteiger partial charge on any atom is 0.262 e. The number of halogens is 2. The first-order valence-electron chi connectivity index (χ1n) is 13.5. The number of aliphatic hydroxyl groups is 1. The molecule has 0 spiro atoms. The van der Waals surface area contributed by atoms with Crippen molar-refractivity contribution in [1.29, 1.82) is 0 Å². The summed E-state index contributed by atoms with van der Waals surface area (Å²) >= 11 is 14.0. The number of benzene rings is 2. The average molecular weight is 588 g/mol. The third-order valence-corrected chi connectivity index (χ3v) is 9.85. The summed E-state index contributed by atoms with van der Waals surface area (Å²) in [7, 11) is 2.02. The van der Waals surface area contributed by atoms with Gasteiger partial charge in [-0.25, -0.2) is 4.99 Å². The largest absolute Gasteiger partial charge is 0.395 e. The van der Waals surface area contributed by atoms with E-state index in [2.05, 4.69) is 42.7 Å². The van der Waals surface area contributed by atoms with E-state index in [9.17, 15) is 9.90 Å². The number of hydrogen-bond acceptors (Lipinski definition) is 6. The Morgan fingerprint density at radius 3 is 2.31 bits per heavy atom. The van der Waals surface area contributed by atoms with Crippen molar-refractivity contribution in [3.05, 3.63) is 80.3 Å². The molecule has 0 aliphatic carbocycles. The van der Waals surface area contributed by atoms with Crippen molar-refractivity contribution in [3.63, 3.8) is 0 Å². The van der Waals surface area contributed by atoms with E-state index >= 15 is 0 Å². The number of fused-ring (bicyclic) bond motifs is 1. The lowest BCUT2D eigenvalue weighted by atomic mass is 9.81. The number of rotatable bonds is 7. The van der Waals surface area contributed by atoms with Gasteiger partial charge in [0.1, 0.15) is 10.4 Å². The van der Waals surface area contributed by atoms with E-state index in [0.717, 1.165) is 39.9 Å². The number of likely N-dealkylation sites (N-methyl/N-ethyl adjacent to an activating group) is 2. The smallest absolute Gasteiger partial charge is 0.262 e. The number of amides is 1. The van der Waals surface area contributed by atoms with Gasteiger partial charge >= 0.3 is 0 Å². The van der Waals surface area contributed by atoms with Crippen LogP contribution in [0, 0.1) is 5.92 Å². The van der Waals surface area contributed by atoms with Gasteiger partial charge in [0, 0.05) is 40.9 Å². The number of allylic oxidation sites excluding steroid dienone is 1. The summed E-state index contributed by atoms with van der Waals surface area (Å²) in [5.74, 6) is 0.144. The van der Waals surface area contributed by atoms with Crippen molar-refractivity contribution in [2.75, 3.05) is 26.7 Å². The monoisotopic (exact) mass is 586 g/mol. The summed E-state index contributed by atoms with van der Waals surface area (Å²) in [5.41, 5.74) is 2.55. The maximum absolute atomic E-state index is 14.2. The molecule has 0 aromatic heterocycles. The van der Waals surface area contributed by atoms with E-state index in [4.69, 9.17) is 28.2 Å². The van der Waals surface area contributed by atoms with Crippen LogP contribution in [-0.4, -0.2) is 69.7 Å². The Balaban J connectivity index is 1.58. The molecule has 39 heavy (non-hydrogen) atoms. The van der Waals surface area contributed by atoms with Crippen molar-refractivity contribution in [3.8, 4) is 0 Å². The molecule has 2 aromatic rings. The summed E-state index contributed by atoms with van der Waals surface area (Å²) < 4.78 is 0. The fourth-order valence-electron chi connectivity index (χ4n) is 6.25. The van der Waals surface area contributed by atoms with Crippen LogP contribution in [0.4, 0.5) is 0 Å². The molecule has 1 saturated heterocycles. The number of aliphatic imine (C=N–C) groups is 1. The number of carbonyl (C=O) groups is 1. The highest BCUT2D eigenvalue weighted by Gasteiger charge is 2.53. The highest BCUT2D eigenvalue weighted by atomic mass is 35.5. The Morgan fingerprint density at radius 1 is 1.15 bits per heavy atom. The second-order valence-electron chi connectivity index (χ2n) is 11.1. The van der Waals surface area contributed by atoms with E-state index in [1.54, 1.807) is 0 Å². The fourth-order valence-corrected chi connectivity index (χ4v) is 7.87. The van der Waals surface area contributed by atoms with Crippen molar-refractivity contribution in [1.82, 2.24) is 14.7 Å². The number of nitrogens with zero attached hydrogens (tertiary/aromatic N) is 4. The van der Waals surface area contributed by atoms with Crippen LogP contribution in [0.3, 0.4) is 0 Å². The first kappa shape index (κ1) is 28.5. The molecule has 9 heteroatoms. The van der Waals surface area contributed by atoms with E-state index < -0.39 is 5.54 Å². The molecule has 0 bridgehead atoms. The van der Waals surface area contributed by atoms with Crippen molar-refractivity contribution in [2.45, 2.75) is 57.8 Å². The lowest BCUT2D eigenvalue weighted by Gasteiger charge is -2.37. The van der Waals surface area contributed by atoms with Crippen LogP contribution in [-0.2, 0) is 10.3 Å². The topological polar surface area (TPSA) is 59.4 Å². The molecular weight excluding hydrogens is 551 g/mol. The predicted molar refractivity (Wildman–Crippen MR) is 161 cm³/mol. The molecule has 1 N–H and O–H groups in total. The average Bonchev–Trinajstić information content (AvgIpc) is 3.54. The van der Waals surface area contributed by atoms with Crippen molar-refractivity contribution >= 4 is 46.0 Å². The van der Waals surface area contributed by atoms with Crippen LogP contribution in [0.25, 0.3) is 0 Å². The molecule has 2 aromatic carbocycles. The summed E-state index contributed by atoms with van der Waals surface area (Å²) in [6.45, 7) is 9.95. The Kier molecular flexibility index (Phi) is 8.11. The number of carbonyl (C=O) groups excluding carboxylic acids is 1. The summed E-state index contributed by atoms with van der Waals surface area (Å²) in [6, 6.07) is 15.8. The molecule has 4 atom stereocenters. The second kappa shape index (κ2) is 11.1. The zero-order valence-electron chi connectivity index (χ0n) is 23.1. The van der Waals surface area contributed by atoms with E-state index in [1.165, 1.54) is 11.8 Å². The third-order valence-electron chi connectivity index (χ3n) is 8.28. The minimum absolute atomic E-state index is 0.0448.